The van der Waals surface area contributed by atoms with Crippen molar-refractivity contribution in [2.75, 3.05) is 0 Å². The lowest BCUT2D eigenvalue weighted by atomic mass is 9.83. The molecule has 0 rings (SSSR count). The lowest BCUT2D eigenvalue weighted by Crippen LogP contribution is -2.10. The highest BCUT2D eigenvalue weighted by Crippen LogP contribution is 2.28. The summed E-state index contributed by atoms with van der Waals surface area (Å²) in [6.07, 6.45) is 20.0. The van der Waals surface area contributed by atoms with Crippen molar-refractivity contribution in [1.29, 1.82) is 0 Å². The third-order valence-corrected chi connectivity index (χ3v) is 6.94. The minimum Gasteiger partial charge on any atom is -0.0654 e. The SMILES string of the molecule is CCCC[C@H](C)C[C@H](C)CCCCC[C@H](C)C[C@@H](C)C[C@@H](C)C[C@H](C)CCC. The summed E-state index contributed by atoms with van der Waals surface area (Å²) in [6, 6.07) is 0. The van der Waals surface area contributed by atoms with Crippen LogP contribution in [0.5, 0.6) is 0 Å². The minimum absolute atomic E-state index is 0.906. The summed E-state index contributed by atoms with van der Waals surface area (Å²) >= 11 is 0. The average molecular weight is 395 g/mol. The predicted molar refractivity (Wildman–Crippen MR) is 131 cm³/mol. The molecule has 170 valence electrons. The molecule has 0 radical (unpaired) electrons. The van der Waals surface area contributed by atoms with Gasteiger partial charge < -0.3 is 0 Å². The van der Waals surface area contributed by atoms with Gasteiger partial charge in [-0.05, 0) is 61.2 Å². The lowest BCUT2D eigenvalue weighted by molar-refractivity contribution is 0.292. The van der Waals surface area contributed by atoms with Crippen LogP contribution in [0.1, 0.15) is 145 Å². The van der Waals surface area contributed by atoms with Gasteiger partial charge in [0.2, 0.25) is 0 Å². The predicted octanol–water partition coefficient (Wildman–Crippen LogP) is 10.3. The van der Waals surface area contributed by atoms with E-state index < -0.39 is 0 Å². The molecule has 0 aromatic rings. The normalized spacial score (nSPS) is 18.4. The van der Waals surface area contributed by atoms with Crippen molar-refractivity contribution in [3.8, 4) is 0 Å². The maximum absolute atomic E-state index is 2.50. The zero-order chi connectivity index (χ0) is 21.4. The van der Waals surface area contributed by atoms with E-state index in [1.807, 2.05) is 0 Å². The van der Waals surface area contributed by atoms with Crippen LogP contribution in [-0.4, -0.2) is 0 Å². The third kappa shape index (κ3) is 16.9. The summed E-state index contributed by atoms with van der Waals surface area (Å²) in [7, 11) is 0. The molecular weight excluding hydrogens is 336 g/mol. The Bertz CT molecular complexity index is 320. The summed E-state index contributed by atoms with van der Waals surface area (Å²) in [6.45, 7) is 19.5. The fraction of sp³-hybridized carbons (Fsp3) is 1.00. The molecule has 0 amide bonds. The first kappa shape index (κ1) is 28.0. The largest absolute Gasteiger partial charge is 0.0654 e. The van der Waals surface area contributed by atoms with E-state index in [1.165, 1.54) is 89.9 Å². The summed E-state index contributed by atoms with van der Waals surface area (Å²) in [5, 5.41) is 0. The molecule has 0 aliphatic carbocycles. The fourth-order valence-corrected chi connectivity index (χ4v) is 5.62. The number of rotatable bonds is 19. The standard InChI is InChI=1S/C28H58/c1-9-11-16-24(4)19-25(5)17-13-12-14-18-26(6)21-28(8)22-27(7)20-23(3)15-10-2/h23-28H,9-22H2,1-8H3/t23-,24+,25-,26+,27+,28-/m1/s1. The Morgan fingerprint density at radius 2 is 0.714 bits per heavy atom. The zero-order valence-corrected chi connectivity index (χ0v) is 21.4. The van der Waals surface area contributed by atoms with Gasteiger partial charge in [0.25, 0.3) is 0 Å². The molecular formula is C28H58. The quantitative estimate of drug-likeness (QED) is 0.191. The molecule has 0 heteroatoms. The van der Waals surface area contributed by atoms with E-state index in [2.05, 4.69) is 55.4 Å². The van der Waals surface area contributed by atoms with Gasteiger partial charge in [-0.15, -0.1) is 0 Å². The number of hydrogen-bond acceptors (Lipinski definition) is 0. The molecule has 0 spiro atoms. The summed E-state index contributed by atoms with van der Waals surface area (Å²) in [4.78, 5) is 0. The van der Waals surface area contributed by atoms with Crippen molar-refractivity contribution in [2.24, 2.45) is 35.5 Å². The Labute approximate surface area is 181 Å². The van der Waals surface area contributed by atoms with Gasteiger partial charge in [-0.1, -0.05) is 120 Å². The second-order valence-electron chi connectivity index (χ2n) is 11.1. The van der Waals surface area contributed by atoms with Crippen LogP contribution < -0.4 is 0 Å². The van der Waals surface area contributed by atoms with Crippen molar-refractivity contribution >= 4 is 0 Å². The second kappa shape index (κ2) is 17.8. The van der Waals surface area contributed by atoms with Gasteiger partial charge in [0.1, 0.15) is 0 Å². The Kier molecular flexibility index (Phi) is 17.8. The van der Waals surface area contributed by atoms with Gasteiger partial charge in [0.05, 0.1) is 0 Å². The van der Waals surface area contributed by atoms with E-state index in [9.17, 15) is 0 Å². The van der Waals surface area contributed by atoms with E-state index in [0.29, 0.717) is 0 Å². The van der Waals surface area contributed by atoms with Crippen molar-refractivity contribution in [3.05, 3.63) is 0 Å². The molecule has 0 aliphatic heterocycles. The number of hydrogen-bond donors (Lipinski definition) is 0. The average Bonchev–Trinajstić information content (AvgIpc) is 2.59. The molecule has 0 unspecified atom stereocenters. The highest BCUT2D eigenvalue weighted by molar-refractivity contribution is 4.67. The maximum Gasteiger partial charge on any atom is -0.0438 e. The summed E-state index contributed by atoms with van der Waals surface area (Å²) in [5.74, 6) is 5.52. The first-order valence-electron chi connectivity index (χ1n) is 13.3. The van der Waals surface area contributed by atoms with Gasteiger partial charge >= 0.3 is 0 Å². The molecule has 0 aliphatic rings. The van der Waals surface area contributed by atoms with Gasteiger partial charge in [0.15, 0.2) is 0 Å². The Hall–Kier alpha value is 0. The van der Waals surface area contributed by atoms with Crippen LogP contribution in [-0.2, 0) is 0 Å². The molecule has 0 aromatic carbocycles. The monoisotopic (exact) mass is 394 g/mol. The molecule has 0 heterocycles. The van der Waals surface area contributed by atoms with E-state index in [-0.39, 0.29) is 0 Å². The maximum atomic E-state index is 2.50. The third-order valence-electron chi connectivity index (χ3n) is 6.94. The molecule has 28 heavy (non-hydrogen) atoms. The van der Waals surface area contributed by atoms with Gasteiger partial charge in [-0.3, -0.25) is 0 Å². The highest BCUT2D eigenvalue weighted by Gasteiger charge is 2.15. The summed E-state index contributed by atoms with van der Waals surface area (Å²) in [5.41, 5.74) is 0. The minimum atomic E-state index is 0.906. The van der Waals surface area contributed by atoms with Crippen molar-refractivity contribution < 1.29 is 0 Å². The Morgan fingerprint density at radius 3 is 1.14 bits per heavy atom. The van der Waals surface area contributed by atoms with Crippen LogP contribution in [0.15, 0.2) is 0 Å². The molecule has 0 aromatic heterocycles. The van der Waals surface area contributed by atoms with Crippen molar-refractivity contribution in [1.82, 2.24) is 0 Å². The molecule has 0 N–H and O–H groups in total. The van der Waals surface area contributed by atoms with Crippen LogP contribution in [0.25, 0.3) is 0 Å². The lowest BCUT2D eigenvalue weighted by Gasteiger charge is -2.23. The fourth-order valence-electron chi connectivity index (χ4n) is 5.62. The number of unbranched alkanes of at least 4 members (excludes halogenated alkanes) is 3. The van der Waals surface area contributed by atoms with E-state index in [4.69, 9.17) is 0 Å². The molecule has 0 fully saturated rings. The van der Waals surface area contributed by atoms with Crippen LogP contribution in [0.3, 0.4) is 0 Å². The molecule has 0 saturated heterocycles. The van der Waals surface area contributed by atoms with Crippen LogP contribution >= 0.6 is 0 Å². The van der Waals surface area contributed by atoms with E-state index in [0.717, 1.165) is 35.5 Å². The van der Waals surface area contributed by atoms with E-state index in [1.54, 1.807) is 0 Å². The van der Waals surface area contributed by atoms with Crippen LogP contribution in [0.2, 0.25) is 0 Å². The zero-order valence-electron chi connectivity index (χ0n) is 21.4. The highest BCUT2D eigenvalue weighted by atomic mass is 14.2. The second-order valence-corrected chi connectivity index (χ2v) is 11.1. The molecule has 0 bridgehead atoms. The smallest absolute Gasteiger partial charge is 0.0438 e. The van der Waals surface area contributed by atoms with Crippen molar-refractivity contribution in [2.45, 2.75) is 145 Å². The van der Waals surface area contributed by atoms with Gasteiger partial charge in [-0.2, -0.15) is 0 Å². The van der Waals surface area contributed by atoms with Crippen molar-refractivity contribution in [3.63, 3.8) is 0 Å². The Morgan fingerprint density at radius 1 is 0.357 bits per heavy atom. The summed E-state index contributed by atoms with van der Waals surface area (Å²) < 4.78 is 0. The van der Waals surface area contributed by atoms with Crippen LogP contribution in [0.4, 0.5) is 0 Å². The van der Waals surface area contributed by atoms with Gasteiger partial charge in [-0.25, -0.2) is 0 Å². The van der Waals surface area contributed by atoms with E-state index >= 15 is 0 Å². The first-order valence-corrected chi connectivity index (χ1v) is 13.3. The Balaban J connectivity index is 3.73. The molecule has 0 saturated carbocycles. The molecule has 0 nitrogen and oxygen atoms in total. The molecule has 6 atom stereocenters. The van der Waals surface area contributed by atoms with Gasteiger partial charge in [0, 0.05) is 0 Å². The first-order chi connectivity index (χ1) is 13.3. The topological polar surface area (TPSA) is 0 Å². The van der Waals surface area contributed by atoms with Crippen LogP contribution in [0, 0.1) is 35.5 Å².